The van der Waals surface area contributed by atoms with Crippen molar-refractivity contribution >= 4 is 11.6 Å². The van der Waals surface area contributed by atoms with E-state index in [0.717, 1.165) is 61.5 Å². The maximum atomic E-state index is 14.6. The Morgan fingerprint density at radius 3 is 2.30 bits per heavy atom. The third kappa shape index (κ3) is 4.81. The highest BCUT2D eigenvalue weighted by atomic mass is 19.3. The van der Waals surface area contributed by atoms with Crippen LogP contribution in [0.15, 0.2) is 47.1 Å². The van der Waals surface area contributed by atoms with Gasteiger partial charge in [0.15, 0.2) is 5.82 Å². The van der Waals surface area contributed by atoms with Crippen molar-refractivity contribution in [1.29, 1.82) is 0 Å². The fraction of sp³-hybridized carbons (Fsp3) is 0.576. The maximum absolute atomic E-state index is 14.6. The summed E-state index contributed by atoms with van der Waals surface area (Å²) >= 11 is 0. The van der Waals surface area contributed by atoms with Crippen molar-refractivity contribution in [3.8, 4) is 17.0 Å². The molecule has 0 saturated heterocycles. The fourth-order valence-corrected chi connectivity index (χ4v) is 7.91. The van der Waals surface area contributed by atoms with Crippen molar-refractivity contribution in [2.45, 2.75) is 102 Å². The van der Waals surface area contributed by atoms with Gasteiger partial charge in [0.05, 0.1) is 17.3 Å². The molecular weight excluding hydrogens is 557 g/mol. The van der Waals surface area contributed by atoms with Gasteiger partial charge in [-0.1, -0.05) is 38.1 Å². The lowest BCUT2D eigenvalue weighted by atomic mass is 9.41. The Kier molecular flexibility index (Phi) is 6.28. The Morgan fingerprint density at radius 1 is 1.05 bits per heavy atom. The Hall–Kier alpha value is -3.43. The van der Waals surface area contributed by atoms with Gasteiger partial charge in [-0.2, -0.15) is 13.8 Å². The Bertz CT molecular complexity index is 1500. The number of halogens is 3. The van der Waals surface area contributed by atoms with E-state index >= 15 is 0 Å². The average Bonchev–Trinajstić information content (AvgIpc) is 3.47. The molecule has 2 aromatic heterocycles. The average molecular weight is 595 g/mol. The number of amides is 1. The number of nitrogens with zero attached hydrogens (tertiary/aromatic N) is 4. The third-order valence-electron chi connectivity index (χ3n) is 10.5. The van der Waals surface area contributed by atoms with E-state index in [4.69, 9.17) is 9.51 Å². The van der Waals surface area contributed by atoms with Crippen molar-refractivity contribution in [3.63, 3.8) is 0 Å². The number of ether oxygens (including phenoxy) is 1. The zero-order chi connectivity index (χ0) is 30.3. The molecule has 0 aliphatic heterocycles. The smallest absolute Gasteiger partial charge is 0.387 e. The van der Waals surface area contributed by atoms with Gasteiger partial charge < -0.3 is 14.2 Å². The van der Waals surface area contributed by atoms with Gasteiger partial charge in [0, 0.05) is 28.6 Å². The largest absolute Gasteiger partial charge is 0.433 e. The van der Waals surface area contributed by atoms with Crippen LogP contribution in [0.5, 0.6) is 5.75 Å². The van der Waals surface area contributed by atoms with E-state index in [1.54, 1.807) is 6.07 Å². The molecule has 6 aliphatic carbocycles. The number of aromatic nitrogens is 3. The van der Waals surface area contributed by atoms with Crippen LogP contribution in [-0.2, 0) is 15.6 Å². The first-order valence-electron chi connectivity index (χ1n) is 15.2. The summed E-state index contributed by atoms with van der Waals surface area (Å²) in [7, 11) is 0. The molecule has 6 aliphatic rings. The molecular formula is C33H37F3N4O3. The van der Waals surface area contributed by atoms with Crippen LogP contribution in [-0.4, -0.2) is 39.9 Å². The zero-order valence-corrected chi connectivity index (χ0v) is 24.8. The molecule has 2 heterocycles. The topological polar surface area (TPSA) is 81.4 Å². The monoisotopic (exact) mass is 594 g/mol. The third-order valence-corrected chi connectivity index (χ3v) is 10.5. The van der Waals surface area contributed by atoms with Crippen molar-refractivity contribution < 1.29 is 27.2 Å². The molecule has 6 fully saturated rings. The molecule has 0 unspecified atom stereocenters. The highest BCUT2D eigenvalue weighted by Gasteiger charge is 2.73. The number of hydrogen-bond acceptors (Lipinski definition) is 6. The summed E-state index contributed by atoms with van der Waals surface area (Å²) in [4.78, 5) is 25.2. The van der Waals surface area contributed by atoms with E-state index in [1.807, 2.05) is 29.2 Å². The van der Waals surface area contributed by atoms with Crippen LogP contribution < -0.4 is 9.64 Å². The van der Waals surface area contributed by atoms with E-state index in [2.05, 4.69) is 35.6 Å². The standard InChI is InChI=1S/C33H37F3N4O3/c1-29(2,3)25-38-26(43-39-25)31-12-9-30(10-13-31,11-14-31)20-40(27(41)32-17-33(36,18-32)19-32)22-6-4-5-21(15-22)24-8-7-23(16-37-24)42-28(34)35/h4-8,15-16,28H,9-14,17-20H2,1-3H3. The predicted octanol–water partition coefficient (Wildman–Crippen LogP) is 7.55. The SMILES string of the molecule is CC(C)(C)c1noc(C23CCC(CN(C(=O)C45CC(F)(C4)C5)c4cccc(-c5ccc(OC(F)F)cn5)c4)(CC2)CC3)n1. The van der Waals surface area contributed by atoms with Crippen LogP contribution >= 0.6 is 0 Å². The van der Waals surface area contributed by atoms with E-state index in [-0.39, 0.29) is 27.9 Å². The summed E-state index contributed by atoms with van der Waals surface area (Å²) in [5, 5.41) is 4.29. The minimum atomic E-state index is -2.92. The lowest BCUT2D eigenvalue weighted by molar-refractivity contribution is -0.211. The van der Waals surface area contributed by atoms with Crippen LogP contribution in [0.1, 0.15) is 90.3 Å². The van der Waals surface area contributed by atoms with Gasteiger partial charge in [-0.15, -0.1) is 0 Å². The number of benzene rings is 1. The number of hydrogen-bond donors (Lipinski definition) is 0. The second-order valence-electron chi connectivity index (χ2n) is 14.6. The van der Waals surface area contributed by atoms with Gasteiger partial charge >= 0.3 is 6.61 Å². The normalized spacial score (nSPS) is 31.0. The van der Waals surface area contributed by atoms with E-state index < -0.39 is 17.7 Å². The van der Waals surface area contributed by atoms with Gasteiger partial charge in [0.2, 0.25) is 11.8 Å². The molecule has 1 aromatic carbocycles. The summed E-state index contributed by atoms with van der Waals surface area (Å²) in [5.74, 6) is 1.45. The van der Waals surface area contributed by atoms with E-state index in [0.29, 0.717) is 31.5 Å². The van der Waals surface area contributed by atoms with Gasteiger partial charge in [0.25, 0.3) is 0 Å². The Balaban J connectivity index is 1.14. The second-order valence-corrected chi connectivity index (χ2v) is 14.6. The molecule has 6 saturated carbocycles. The van der Waals surface area contributed by atoms with Crippen LogP contribution in [0.2, 0.25) is 0 Å². The number of anilines is 1. The molecule has 0 spiro atoms. The molecule has 7 nitrogen and oxygen atoms in total. The van der Waals surface area contributed by atoms with Crippen molar-refractivity contribution in [1.82, 2.24) is 15.1 Å². The Labute approximate surface area is 249 Å². The van der Waals surface area contributed by atoms with Gasteiger partial charge in [-0.05, 0) is 87.5 Å². The maximum Gasteiger partial charge on any atom is 0.387 e. The highest BCUT2D eigenvalue weighted by molar-refractivity contribution is 6.00. The number of fused-ring (bicyclic) bond motifs is 3. The molecule has 10 heteroatoms. The molecule has 0 atom stereocenters. The summed E-state index contributed by atoms with van der Waals surface area (Å²) < 4.78 is 50.0. The first-order chi connectivity index (χ1) is 20.3. The summed E-state index contributed by atoms with van der Waals surface area (Å²) in [6, 6.07) is 10.7. The molecule has 4 bridgehead atoms. The molecule has 228 valence electrons. The summed E-state index contributed by atoms with van der Waals surface area (Å²) in [6.07, 6.45) is 7.76. The number of carbonyl (C=O) groups excluding carboxylic acids is 1. The second kappa shape index (κ2) is 9.53. The minimum Gasteiger partial charge on any atom is -0.433 e. The quantitative estimate of drug-likeness (QED) is 0.268. The molecule has 3 aromatic rings. The fourth-order valence-electron chi connectivity index (χ4n) is 7.91. The van der Waals surface area contributed by atoms with Gasteiger partial charge in [-0.3, -0.25) is 9.78 Å². The van der Waals surface area contributed by atoms with Crippen molar-refractivity contribution in [3.05, 3.63) is 54.3 Å². The van der Waals surface area contributed by atoms with Crippen molar-refractivity contribution in [2.24, 2.45) is 10.8 Å². The molecule has 0 radical (unpaired) electrons. The first-order valence-corrected chi connectivity index (χ1v) is 15.2. The molecule has 0 N–H and O–H groups in total. The lowest BCUT2D eigenvalue weighted by Gasteiger charge is -2.65. The van der Waals surface area contributed by atoms with E-state index in [9.17, 15) is 18.0 Å². The highest BCUT2D eigenvalue weighted by Crippen LogP contribution is 2.70. The van der Waals surface area contributed by atoms with Gasteiger partial charge in [-0.25, -0.2) is 4.39 Å². The lowest BCUT2D eigenvalue weighted by Crippen LogP contribution is -2.71. The number of pyridine rings is 1. The summed E-state index contributed by atoms with van der Waals surface area (Å²) in [6.45, 7) is 3.88. The van der Waals surface area contributed by atoms with Gasteiger partial charge in [0.1, 0.15) is 11.4 Å². The van der Waals surface area contributed by atoms with Crippen LogP contribution in [0.25, 0.3) is 11.3 Å². The Morgan fingerprint density at radius 2 is 1.74 bits per heavy atom. The zero-order valence-electron chi connectivity index (χ0n) is 24.8. The first kappa shape index (κ1) is 28.3. The van der Waals surface area contributed by atoms with Crippen LogP contribution in [0.4, 0.5) is 18.9 Å². The predicted molar refractivity (Wildman–Crippen MR) is 154 cm³/mol. The van der Waals surface area contributed by atoms with Crippen LogP contribution in [0, 0.1) is 10.8 Å². The van der Waals surface area contributed by atoms with Crippen LogP contribution in [0.3, 0.4) is 0 Å². The number of carbonyl (C=O) groups is 1. The van der Waals surface area contributed by atoms with E-state index in [1.165, 1.54) is 12.3 Å². The number of rotatable bonds is 8. The summed E-state index contributed by atoms with van der Waals surface area (Å²) in [5.41, 5.74) is -0.0649. The molecule has 1 amide bonds. The number of alkyl halides is 3. The molecule has 43 heavy (non-hydrogen) atoms. The molecule has 9 rings (SSSR count). The van der Waals surface area contributed by atoms with Crippen molar-refractivity contribution in [2.75, 3.05) is 11.4 Å². The minimum absolute atomic E-state index is 0.00122.